The van der Waals surface area contributed by atoms with Crippen molar-refractivity contribution in [2.24, 2.45) is 0 Å². The summed E-state index contributed by atoms with van der Waals surface area (Å²) in [6, 6.07) is 5.74. The fourth-order valence-corrected chi connectivity index (χ4v) is 5.04. The first-order chi connectivity index (χ1) is 14.3. The van der Waals surface area contributed by atoms with Gasteiger partial charge in [-0.15, -0.1) is 0 Å². The minimum atomic E-state index is -4.47. The molecule has 2 aromatic heterocycles. The summed E-state index contributed by atoms with van der Waals surface area (Å²) in [4.78, 5) is 9.34. The van der Waals surface area contributed by atoms with Crippen molar-refractivity contribution in [3.8, 4) is 0 Å². The van der Waals surface area contributed by atoms with E-state index >= 15 is 0 Å². The Morgan fingerprint density at radius 1 is 1.13 bits per heavy atom. The molecule has 0 aliphatic carbocycles. The van der Waals surface area contributed by atoms with Crippen LogP contribution in [-0.2, 0) is 18.1 Å². The second-order valence-corrected chi connectivity index (χ2v) is 8.35. The first kappa shape index (κ1) is 19.6. The molecule has 4 nitrogen and oxygen atoms in total. The minimum Gasteiger partial charge on any atom is -0.357 e. The zero-order chi connectivity index (χ0) is 21.1. The van der Waals surface area contributed by atoms with E-state index in [4.69, 9.17) is 11.6 Å². The van der Waals surface area contributed by atoms with Crippen LogP contribution in [0.5, 0.6) is 0 Å². The Morgan fingerprint density at radius 3 is 2.60 bits per heavy atom. The van der Waals surface area contributed by atoms with E-state index < -0.39 is 11.7 Å². The molecule has 4 heterocycles. The van der Waals surface area contributed by atoms with Gasteiger partial charge in [0.25, 0.3) is 0 Å². The van der Waals surface area contributed by atoms with E-state index in [-0.39, 0.29) is 16.4 Å². The van der Waals surface area contributed by atoms with E-state index in [2.05, 4.69) is 15.3 Å². The van der Waals surface area contributed by atoms with Crippen LogP contribution in [0.1, 0.15) is 29.7 Å². The number of benzene rings is 1. The number of aromatic amines is 1. The fourth-order valence-electron chi connectivity index (χ4n) is 4.76. The van der Waals surface area contributed by atoms with Crippen LogP contribution in [0.25, 0.3) is 10.9 Å². The average Bonchev–Trinajstić information content (AvgIpc) is 3.07. The van der Waals surface area contributed by atoms with Gasteiger partial charge in [0.1, 0.15) is 11.6 Å². The van der Waals surface area contributed by atoms with E-state index in [9.17, 15) is 17.6 Å². The van der Waals surface area contributed by atoms with Gasteiger partial charge in [-0.05, 0) is 49.1 Å². The maximum atomic E-state index is 13.7. The highest BCUT2D eigenvalue weighted by Gasteiger charge is 2.42. The predicted octanol–water partition coefficient (Wildman–Crippen LogP) is 5.02. The van der Waals surface area contributed by atoms with Gasteiger partial charge in [-0.2, -0.15) is 13.2 Å². The van der Waals surface area contributed by atoms with Crippen LogP contribution in [0.4, 0.5) is 23.4 Å². The van der Waals surface area contributed by atoms with Gasteiger partial charge < -0.3 is 15.2 Å². The van der Waals surface area contributed by atoms with E-state index in [1.54, 1.807) is 0 Å². The van der Waals surface area contributed by atoms with Crippen molar-refractivity contribution in [2.75, 3.05) is 24.5 Å². The Hall–Kier alpha value is -2.32. The fraction of sp³-hybridized carbons (Fsp3) is 0.381. The van der Waals surface area contributed by atoms with Crippen molar-refractivity contribution >= 4 is 28.3 Å². The molecule has 3 aromatic rings. The molecule has 1 spiro atoms. The van der Waals surface area contributed by atoms with Crippen LogP contribution >= 0.6 is 11.6 Å². The Balaban J connectivity index is 1.42. The first-order valence-corrected chi connectivity index (χ1v) is 10.2. The molecule has 30 heavy (non-hydrogen) atoms. The molecule has 1 fully saturated rings. The molecule has 1 saturated heterocycles. The van der Waals surface area contributed by atoms with Crippen molar-refractivity contribution in [1.82, 2.24) is 15.3 Å². The lowest BCUT2D eigenvalue weighted by Crippen LogP contribution is -2.54. The summed E-state index contributed by atoms with van der Waals surface area (Å²) >= 11 is 6.13. The van der Waals surface area contributed by atoms with E-state index in [1.165, 1.54) is 17.7 Å². The highest BCUT2D eigenvalue weighted by atomic mass is 35.5. The second kappa shape index (κ2) is 6.85. The molecule has 0 amide bonds. The molecule has 0 atom stereocenters. The van der Waals surface area contributed by atoms with Crippen molar-refractivity contribution in [1.29, 1.82) is 0 Å². The van der Waals surface area contributed by atoms with Crippen molar-refractivity contribution in [3.63, 3.8) is 0 Å². The van der Waals surface area contributed by atoms with Gasteiger partial charge in [0, 0.05) is 42.4 Å². The van der Waals surface area contributed by atoms with Crippen molar-refractivity contribution in [2.45, 2.75) is 31.0 Å². The third-order valence-electron chi connectivity index (χ3n) is 6.25. The SMILES string of the molecule is Fc1ccc2c3c([nH]c2c1)C1(CCN(c2ncc(C(F)(F)F)cc2Cl)CC1)NCC3. The van der Waals surface area contributed by atoms with Crippen molar-refractivity contribution < 1.29 is 17.6 Å². The lowest BCUT2D eigenvalue weighted by molar-refractivity contribution is -0.137. The summed E-state index contributed by atoms with van der Waals surface area (Å²) in [5, 5.41) is 4.67. The average molecular weight is 439 g/mol. The molecule has 9 heteroatoms. The van der Waals surface area contributed by atoms with Crippen LogP contribution in [0, 0.1) is 5.82 Å². The number of piperidine rings is 1. The summed E-state index contributed by atoms with van der Waals surface area (Å²) in [5.74, 6) is 0.0928. The molecule has 2 aliphatic heterocycles. The van der Waals surface area contributed by atoms with Crippen LogP contribution in [-0.4, -0.2) is 29.6 Å². The third-order valence-corrected chi connectivity index (χ3v) is 6.53. The molecule has 0 unspecified atom stereocenters. The van der Waals surface area contributed by atoms with E-state index in [1.807, 2.05) is 11.0 Å². The number of halogens is 5. The van der Waals surface area contributed by atoms with Crippen molar-refractivity contribution in [3.05, 3.63) is 58.1 Å². The van der Waals surface area contributed by atoms with Gasteiger partial charge in [-0.3, -0.25) is 0 Å². The van der Waals surface area contributed by atoms with Gasteiger partial charge in [-0.1, -0.05) is 11.6 Å². The number of nitrogens with zero attached hydrogens (tertiary/aromatic N) is 2. The lowest BCUT2D eigenvalue weighted by atomic mass is 9.79. The van der Waals surface area contributed by atoms with Crippen LogP contribution < -0.4 is 10.2 Å². The largest absolute Gasteiger partial charge is 0.417 e. The number of hydrogen-bond donors (Lipinski definition) is 2. The van der Waals surface area contributed by atoms with Crippen LogP contribution in [0.2, 0.25) is 5.02 Å². The number of H-pyrrole nitrogens is 1. The first-order valence-electron chi connectivity index (χ1n) is 9.80. The predicted molar refractivity (Wildman–Crippen MR) is 107 cm³/mol. The number of fused-ring (bicyclic) bond motifs is 4. The van der Waals surface area contributed by atoms with Gasteiger partial charge in [0.2, 0.25) is 0 Å². The number of anilines is 1. The van der Waals surface area contributed by atoms with Gasteiger partial charge >= 0.3 is 6.18 Å². The number of nitrogens with one attached hydrogen (secondary N) is 2. The van der Waals surface area contributed by atoms with Gasteiger partial charge in [0.05, 0.1) is 16.1 Å². The van der Waals surface area contributed by atoms with Gasteiger partial charge in [-0.25, -0.2) is 9.37 Å². The molecule has 158 valence electrons. The summed E-state index contributed by atoms with van der Waals surface area (Å²) in [5.41, 5.74) is 1.95. The third kappa shape index (κ3) is 3.13. The molecule has 0 saturated carbocycles. The topological polar surface area (TPSA) is 44.0 Å². The molecule has 5 rings (SSSR count). The number of pyridine rings is 1. The quantitative estimate of drug-likeness (QED) is 0.525. The Labute approximate surface area is 175 Å². The number of aromatic nitrogens is 2. The molecule has 1 aromatic carbocycles. The number of rotatable bonds is 1. The van der Waals surface area contributed by atoms with Gasteiger partial charge in [0.15, 0.2) is 0 Å². The van der Waals surface area contributed by atoms with E-state index in [0.29, 0.717) is 18.9 Å². The molecule has 0 radical (unpaired) electrons. The Morgan fingerprint density at radius 2 is 1.90 bits per heavy atom. The standard InChI is InChI=1S/C21H19ClF4N4/c22-16-9-12(21(24,25)26)11-27-19(16)30-7-4-20(5-8-30)18-15(3-6-28-20)14-2-1-13(23)10-17(14)29-18/h1-2,9-11,28-29H,3-8H2. The molecular formula is C21H19ClF4N4. The second-order valence-electron chi connectivity index (χ2n) is 7.94. The molecule has 2 aliphatic rings. The normalized spacial score (nSPS) is 18.8. The Kier molecular flexibility index (Phi) is 4.48. The highest BCUT2D eigenvalue weighted by Crippen LogP contribution is 2.42. The minimum absolute atomic E-state index is 0.000783. The maximum Gasteiger partial charge on any atom is 0.417 e. The monoisotopic (exact) mass is 438 g/mol. The van der Waals surface area contributed by atoms with Crippen LogP contribution in [0.15, 0.2) is 30.5 Å². The summed E-state index contributed by atoms with van der Waals surface area (Å²) in [7, 11) is 0. The molecule has 0 bridgehead atoms. The maximum absolute atomic E-state index is 13.7. The summed E-state index contributed by atoms with van der Waals surface area (Å²) in [6.45, 7) is 2.00. The Bertz CT molecular complexity index is 1120. The lowest BCUT2D eigenvalue weighted by Gasteiger charge is -2.45. The van der Waals surface area contributed by atoms with E-state index in [0.717, 1.165) is 54.7 Å². The number of alkyl halides is 3. The highest BCUT2D eigenvalue weighted by molar-refractivity contribution is 6.33. The zero-order valence-electron chi connectivity index (χ0n) is 15.9. The number of hydrogen-bond acceptors (Lipinski definition) is 3. The molecule has 2 N–H and O–H groups in total. The summed E-state index contributed by atoms with van der Waals surface area (Å²) < 4.78 is 52.3. The zero-order valence-corrected chi connectivity index (χ0v) is 16.7. The summed E-state index contributed by atoms with van der Waals surface area (Å²) in [6.07, 6.45) is -1.32. The smallest absolute Gasteiger partial charge is 0.357 e. The molecular weight excluding hydrogens is 420 g/mol. The van der Waals surface area contributed by atoms with Crippen LogP contribution in [0.3, 0.4) is 0 Å².